The van der Waals surface area contributed by atoms with Crippen molar-refractivity contribution in [3.05, 3.63) is 47.2 Å². The summed E-state index contributed by atoms with van der Waals surface area (Å²) in [5.74, 6) is 2.22. The Labute approximate surface area is 138 Å². The average Bonchev–Trinajstić information content (AvgIpc) is 2.57. The summed E-state index contributed by atoms with van der Waals surface area (Å²) in [6.07, 6.45) is 1.44. The molecule has 0 saturated carbocycles. The van der Waals surface area contributed by atoms with E-state index >= 15 is 0 Å². The van der Waals surface area contributed by atoms with Gasteiger partial charge in [0.2, 0.25) is 5.88 Å². The average molecular weight is 331 g/mol. The van der Waals surface area contributed by atoms with Gasteiger partial charge in [-0.3, -0.25) is 0 Å². The summed E-state index contributed by atoms with van der Waals surface area (Å²) in [7, 11) is 3.16. The van der Waals surface area contributed by atoms with Gasteiger partial charge in [0.1, 0.15) is 12.1 Å². The first-order chi connectivity index (χ1) is 11.1. The molecule has 23 heavy (non-hydrogen) atoms. The predicted molar refractivity (Wildman–Crippen MR) is 88.9 cm³/mol. The summed E-state index contributed by atoms with van der Waals surface area (Å²) in [6.45, 7) is 1.93. The second kappa shape index (κ2) is 6.30. The third-order valence-electron chi connectivity index (χ3n) is 3.46. The van der Waals surface area contributed by atoms with Crippen LogP contribution in [0.1, 0.15) is 5.56 Å². The van der Waals surface area contributed by atoms with Crippen molar-refractivity contribution in [2.75, 3.05) is 14.2 Å². The van der Waals surface area contributed by atoms with Gasteiger partial charge in [-0.2, -0.15) is 0 Å². The van der Waals surface area contributed by atoms with E-state index in [0.717, 1.165) is 10.9 Å². The first-order valence-electron chi connectivity index (χ1n) is 6.93. The smallest absolute Gasteiger partial charge is 0.230 e. The van der Waals surface area contributed by atoms with Crippen molar-refractivity contribution in [2.45, 2.75) is 6.92 Å². The van der Waals surface area contributed by atoms with Crippen molar-refractivity contribution in [1.82, 2.24) is 9.97 Å². The molecule has 6 heteroatoms. The Morgan fingerprint density at radius 2 is 1.70 bits per heavy atom. The molecule has 0 spiro atoms. The number of rotatable bonds is 4. The third-order valence-corrected chi connectivity index (χ3v) is 3.87. The van der Waals surface area contributed by atoms with Gasteiger partial charge in [-0.05, 0) is 30.7 Å². The van der Waals surface area contributed by atoms with Gasteiger partial charge in [0, 0.05) is 11.1 Å². The van der Waals surface area contributed by atoms with E-state index in [-0.39, 0.29) is 0 Å². The van der Waals surface area contributed by atoms with Crippen molar-refractivity contribution in [3.8, 4) is 23.1 Å². The monoisotopic (exact) mass is 330 g/mol. The van der Waals surface area contributed by atoms with Crippen molar-refractivity contribution in [1.29, 1.82) is 0 Å². The lowest BCUT2D eigenvalue weighted by atomic mass is 10.2. The van der Waals surface area contributed by atoms with E-state index in [0.29, 0.717) is 33.7 Å². The maximum Gasteiger partial charge on any atom is 0.230 e. The lowest BCUT2D eigenvalue weighted by molar-refractivity contribution is 0.355. The van der Waals surface area contributed by atoms with E-state index in [1.807, 2.05) is 19.1 Å². The van der Waals surface area contributed by atoms with Gasteiger partial charge >= 0.3 is 0 Å². The largest absolute Gasteiger partial charge is 0.493 e. The van der Waals surface area contributed by atoms with Gasteiger partial charge in [0.05, 0.1) is 25.1 Å². The molecule has 0 unspecified atom stereocenters. The molecule has 0 fully saturated rings. The first-order valence-corrected chi connectivity index (χ1v) is 7.31. The van der Waals surface area contributed by atoms with Crippen LogP contribution in [-0.4, -0.2) is 24.2 Å². The van der Waals surface area contributed by atoms with Gasteiger partial charge in [-0.1, -0.05) is 17.7 Å². The normalized spacial score (nSPS) is 10.6. The van der Waals surface area contributed by atoms with E-state index in [1.165, 1.54) is 6.33 Å². The molecule has 0 bridgehead atoms. The van der Waals surface area contributed by atoms with Gasteiger partial charge in [0.25, 0.3) is 0 Å². The van der Waals surface area contributed by atoms with Crippen molar-refractivity contribution in [3.63, 3.8) is 0 Å². The highest BCUT2D eigenvalue weighted by molar-refractivity contribution is 6.31. The summed E-state index contributed by atoms with van der Waals surface area (Å²) in [5.41, 5.74) is 1.68. The summed E-state index contributed by atoms with van der Waals surface area (Å²) >= 11 is 6.14. The van der Waals surface area contributed by atoms with E-state index < -0.39 is 0 Å². The minimum Gasteiger partial charge on any atom is -0.493 e. The molecule has 3 rings (SSSR count). The van der Waals surface area contributed by atoms with Crippen LogP contribution in [0.4, 0.5) is 0 Å². The molecule has 0 aliphatic rings. The molecule has 118 valence electrons. The van der Waals surface area contributed by atoms with Crippen LogP contribution in [0.5, 0.6) is 23.1 Å². The second-order valence-corrected chi connectivity index (χ2v) is 5.32. The van der Waals surface area contributed by atoms with Crippen LogP contribution in [0.25, 0.3) is 10.9 Å². The highest BCUT2D eigenvalue weighted by atomic mass is 35.5. The Balaban J connectivity index is 2.08. The molecule has 1 aromatic heterocycles. The van der Waals surface area contributed by atoms with Crippen LogP contribution in [-0.2, 0) is 0 Å². The molecule has 0 aliphatic carbocycles. The molecular formula is C17H15ClN2O3. The molecule has 0 aliphatic heterocycles. The molecule has 1 heterocycles. The molecule has 0 saturated heterocycles. The van der Waals surface area contributed by atoms with Crippen LogP contribution >= 0.6 is 11.6 Å². The second-order valence-electron chi connectivity index (χ2n) is 4.92. The number of aromatic nitrogens is 2. The number of benzene rings is 2. The molecule has 3 aromatic rings. The van der Waals surface area contributed by atoms with Gasteiger partial charge < -0.3 is 14.2 Å². The van der Waals surface area contributed by atoms with Gasteiger partial charge in [-0.25, -0.2) is 9.97 Å². The van der Waals surface area contributed by atoms with Crippen molar-refractivity contribution < 1.29 is 14.2 Å². The fourth-order valence-corrected chi connectivity index (χ4v) is 2.36. The van der Waals surface area contributed by atoms with Crippen LogP contribution < -0.4 is 14.2 Å². The quantitative estimate of drug-likeness (QED) is 0.709. The zero-order chi connectivity index (χ0) is 16.4. The topological polar surface area (TPSA) is 53.5 Å². The zero-order valence-corrected chi connectivity index (χ0v) is 13.7. The molecule has 2 aromatic carbocycles. The molecular weight excluding hydrogens is 316 g/mol. The highest BCUT2D eigenvalue weighted by Crippen LogP contribution is 2.36. The number of halogens is 1. The first kappa shape index (κ1) is 15.4. The van der Waals surface area contributed by atoms with Crippen molar-refractivity contribution >= 4 is 22.5 Å². The third kappa shape index (κ3) is 3.00. The van der Waals surface area contributed by atoms with Crippen LogP contribution in [0, 0.1) is 6.92 Å². The van der Waals surface area contributed by atoms with E-state index in [2.05, 4.69) is 9.97 Å². The van der Waals surface area contributed by atoms with Crippen LogP contribution in [0.3, 0.4) is 0 Å². The Morgan fingerprint density at radius 1 is 0.957 bits per heavy atom. The molecule has 5 nitrogen and oxygen atoms in total. The molecule has 0 N–H and O–H groups in total. The molecule has 0 radical (unpaired) electrons. The van der Waals surface area contributed by atoms with Gasteiger partial charge in [0.15, 0.2) is 11.5 Å². The maximum absolute atomic E-state index is 6.14. The lowest BCUT2D eigenvalue weighted by Crippen LogP contribution is -1.95. The number of hydrogen-bond donors (Lipinski definition) is 0. The van der Waals surface area contributed by atoms with Crippen molar-refractivity contribution in [2.24, 2.45) is 0 Å². The Bertz CT molecular complexity index is 868. The standard InChI is InChI=1S/C17H15ClN2O3/c1-10-4-5-11(6-13(10)18)23-17-12-7-15(21-2)16(22-3)8-14(12)19-9-20-17/h4-9H,1-3H3. The number of nitrogens with zero attached hydrogens (tertiary/aromatic N) is 2. The summed E-state index contributed by atoms with van der Waals surface area (Å²) in [5, 5.41) is 1.36. The molecule has 0 atom stereocenters. The van der Waals surface area contributed by atoms with Crippen LogP contribution in [0.15, 0.2) is 36.7 Å². The number of hydrogen-bond acceptors (Lipinski definition) is 5. The number of fused-ring (bicyclic) bond motifs is 1. The Morgan fingerprint density at radius 3 is 2.39 bits per heavy atom. The SMILES string of the molecule is COc1cc2ncnc(Oc3ccc(C)c(Cl)c3)c2cc1OC. The number of methoxy groups -OCH3 is 2. The Kier molecular flexibility index (Phi) is 4.21. The molecule has 0 amide bonds. The summed E-state index contributed by atoms with van der Waals surface area (Å²) in [6, 6.07) is 9.07. The zero-order valence-electron chi connectivity index (χ0n) is 13.0. The Hall–Kier alpha value is -2.53. The fraction of sp³-hybridized carbons (Fsp3) is 0.176. The number of aryl methyl sites for hydroxylation is 1. The number of ether oxygens (including phenoxy) is 3. The lowest BCUT2D eigenvalue weighted by Gasteiger charge is -2.11. The van der Waals surface area contributed by atoms with Crippen LogP contribution in [0.2, 0.25) is 5.02 Å². The predicted octanol–water partition coefficient (Wildman–Crippen LogP) is 4.40. The summed E-state index contributed by atoms with van der Waals surface area (Å²) < 4.78 is 16.5. The van der Waals surface area contributed by atoms with E-state index in [4.69, 9.17) is 25.8 Å². The fourth-order valence-electron chi connectivity index (χ4n) is 2.19. The highest BCUT2D eigenvalue weighted by Gasteiger charge is 2.12. The minimum absolute atomic E-state index is 0.427. The summed E-state index contributed by atoms with van der Waals surface area (Å²) in [4.78, 5) is 8.46. The minimum atomic E-state index is 0.427. The maximum atomic E-state index is 6.14. The van der Waals surface area contributed by atoms with E-state index in [1.54, 1.807) is 32.4 Å². The van der Waals surface area contributed by atoms with E-state index in [9.17, 15) is 0 Å². The van der Waals surface area contributed by atoms with Gasteiger partial charge in [-0.15, -0.1) is 0 Å².